The fourth-order valence-corrected chi connectivity index (χ4v) is 3.08. The van der Waals surface area contributed by atoms with Crippen LogP contribution in [0.4, 0.5) is 17.6 Å². The lowest BCUT2D eigenvalue weighted by atomic mass is 10.2. The Morgan fingerprint density at radius 3 is 2.33 bits per heavy atom. The molecule has 0 bridgehead atoms. The average molecular weight is 424 g/mol. The highest BCUT2D eigenvalue weighted by Crippen LogP contribution is 2.36. The van der Waals surface area contributed by atoms with E-state index in [9.17, 15) is 26.0 Å². The maximum absolute atomic E-state index is 13.3. The van der Waals surface area contributed by atoms with Gasteiger partial charge in [-0.1, -0.05) is 0 Å². The molecule has 24 heavy (non-hydrogen) atoms. The third-order valence-electron chi connectivity index (χ3n) is 2.75. The van der Waals surface area contributed by atoms with Crippen LogP contribution in [0.3, 0.4) is 0 Å². The van der Waals surface area contributed by atoms with E-state index in [1.807, 2.05) is 0 Å². The van der Waals surface area contributed by atoms with E-state index in [2.05, 4.69) is 15.9 Å². The maximum Gasteiger partial charge on any atom is 0.501 e. The van der Waals surface area contributed by atoms with Crippen molar-refractivity contribution in [3.8, 4) is 17.6 Å². The molecule has 0 amide bonds. The lowest BCUT2D eigenvalue weighted by Gasteiger charge is -2.11. The third-order valence-corrected chi connectivity index (χ3v) is 4.85. The Bertz CT molecular complexity index is 936. The monoisotopic (exact) mass is 423 g/mol. The molecule has 0 aliphatic heterocycles. The van der Waals surface area contributed by atoms with Gasteiger partial charge < -0.3 is 4.74 Å². The fraction of sp³-hybridized carbons (Fsp3) is 0.0714. The summed E-state index contributed by atoms with van der Waals surface area (Å²) in [6, 6.07) is 7.30. The summed E-state index contributed by atoms with van der Waals surface area (Å²) in [4.78, 5) is -0.966. The number of rotatable bonds is 3. The zero-order chi connectivity index (χ0) is 18.1. The first-order valence-electron chi connectivity index (χ1n) is 6.04. The Kier molecular flexibility index (Phi) is 4.87. The number of ether oxygens (including phenoxy) is 1. The van der Waals surface area contributed by atoms with E-state index in [0.29, 0.717) is 6.07 Å². The van der Waals surface area contributed by atoms with Crippen LogP contribution in [0.1, 0.15) is 5.56 Å². The number of benzene rings is 2. The van der Waals surface area contributed by atoms with Crippen molar-refractivity contribution in [3.05, 3.63) is 52.3 Å². The number of nitriles is 1. The Hall–Kier alpha value is -2.12. The summed E-state index contributed by atoms with van der Waals surface area (Å²) in [5.74, 6) is -0.860. The zero-order valence-electron chi connectivity index (χ0n) is 11.4. The van der Waals surface area contributed by atoms with Gasteiger partial charge in [0.1, 0.15) is 17.3 Å². The summed E-state index contributed by atoms with van der Waals surface area (Å²) < 4.78 is 78.7. The van der Waals surface area contributed by atoms with E-state index in [1.54, 1.807) is 6.07 Å². The number of nitrogens with zero attached hydrogens (tertiary/aromatic N) is 1. The summed E-state index contributed by atoms with van der Waals surface area (Å²) in [5, 5.41) is 8.75. The van der Waals surface area contributed by atoms with Crippen molar-refractivity contribution in [2.24, 2.45) is 0 Å². The molecule has 0 saturated carbocycles. The molecule has 2 aromatic rings. The molecule has 0 aromatic heterocycles. The molecule has 0 saturated heterocycles. The second-order valence-corrected chi connectivity index (χ2v) is 7.23. The van der Waals surface area contributed by atoms with Gasteiger partial charge in [-0.15, -0.1) is 0 Å². The van der Waals surface area contributed by atoms with Gasteiger partial charge in [0.05, 0.1) is 21.0 Å². The summed E-state index contributed by atoms with van der Waals surface area (Å²) >= 11 is 2.90. The topological polar surface area (TPSA) is 67.2 Å². The van der Waals surface area contributed by atoms with Gasteiger partial charge in [0.25, 0.3) is 9.84 Å². The van der Waals surface area contributed by atoms with Gasteiger partial charge in [0.15, 0.2) is 0 Å². The molecular weight excluding hydrogens is 418 g/mol. The second-order valence-electron chi connectivity index (χ2n) is 4.43. The number of halogens is 5. The van der Waals surface area contributed by atoms with Crippen molar-refractivity contribution in [2.45, 2.75) is 10.4 Å². The summed E-state index contributed by atoms with van der Waals surface area (Å²) in [6.45, 7) is 0. The molecule has 0 atom stereocenters. The molecule has 0 radical (unpaired) electrons. The molecule has 0 heterocycles. The van der Waals surface area contributed by atoms with Gasteiger partial charge in [0.2, 0.25) is 0 Å². The summed E-state index contributed by atoms with van der Waals surface area (Å²) in [7, 11) is -5.49. The smallest absolute Gasteiger partial charge is 0.456 e. The van der Waals surface area contributed by atoms with Gasteiger partial charge >= 0.3 is 5.51 Å². The minimum Gasteiger partial charge on any atom is -0.456 e. The molecule has 4 nitrogen and oxygen atoms in total. The molecule has 0 unspecified atom stereocenters. The van der Waals surface area contributed by atoms with Crippen LogP contribution >= 0.6 is 15.9 Å². The maximum atomic E-state index is 13.3. The van der Waals surface area contributed by atoms with Crippen LogP contribution in [-0.4, -0.2) is 13.9 Å². The van der Waals surface area contributed by atoms with Gasteiger partial charge in [0, 0.05) is 6.07 Å². The molecule has 2 aromatic carbocycles. The number of hydrogen-bond acceptors (Lipinski definition) is 4. The minimum absolute atomic E-state index is 0.0163. The largest absolute Gasteiger partial charge is 0.501 e. The molecule has 0 aliphatic rings. The zero-order valence-corrected chi connectivity index (χ0v) is 13.8. The lowest BCUT2D eigenvalue weighted by Crippen LogP contribution is -2.23. The molecule has 0 spiro atoms. The number of sulfone groups is 1. The standard InChI is InChI=1S/C14H6BrF4NO3S/c15-12-6-11(24(21,22)14(17,18)19)1-2-13(12)23-10-4-8(7-20)3-9(16)5-10/h1-6H. The van der Waals surface area contributed by atoms with E-state index in [-0.39, 0.29) is 21.5 Å². The predicted octanol–water partition coefficient (Wildman–Crippen LogP) is 4.55. The SMILES string of the molecule is N#Cc1cc(F)cc(Oc2ccc(S(=O)(=O)C(F)(F)F)cc2Br)c1. The first-order chi connectivity index (χ1) is 11.0. The van der Waals surface area contributed by atoms with Crippen molar-refractivity contribution >= 4 is 25.8 Å². The third kappa shape index (κ3) is 3.68. The van der Waals surface area contributed by atoms with Crippen molar-refractivity contribution in [3.63, 3.8) is 0 Å². The average Bonchev–Trinajstić information content (AvgIpc) is 2.47. The number of hydrogen-bond donors (Lipinski definition) is 0. The Labute approximate surface area is 142 Å². The molecule has 0 fully saturated rings. The van der Waals surface area contributed by atoms with Crippen LogP contribution in [0.5, 0.6) is 11.5 Å². The normalized spacial score (nSPS) is 11.8. The quantitative estimate of drug-likeness (QED) is 0.679. The predicted molar refractivity (Wildman–Crippen MR) is 78.6 cm³/mol. The van der Waals surface area contributed by atoms with E-state index >= 15 is 0 Å². The minimum atomic E-state index is -5.49. The van der Waals surface area contributed by atoms with Gasteiger partial charge in [-0.3, -0.25) is 0 Å². The lowest BCUT2D eigenvalue weighted by molar-refractivity contribution is -0.0436. The number of alkyl halides is 3. The van der Waals surface area contributed by atoms with Crippen molar-refractivity contribution in [1.82, 2.24) is 0 Å². The van der Waals surface area contributed by atoms with Gasteiger partial charge in [-0.2, -0.15) is 18.4 Å². The fourth-order valence-electron chi connectivity index (χ4n) is 1.68. The van der Waals surface area contributed by atoms with Crippen molar-refractivity contribution < 1.29 is 30.7 Å². The Morgan fingerprint density at radius 2 is 1.79 bits per heavy atom. The molecule has 0 N–H and O–H groups in total. The highest BCUT2D eigenvalue weighted by Gasteiger charge is 2.47. The van der Waals surface area contributed by atoms with Crippen LogP contribution in [0, 0.1) is 17.1 Å². The molecule has 10 heteroatoms. The van der Waals surface area contributed by atoms with Crippen molar-refractivity contribution in [1.29, 1.82) is 5.26 Å². The second kappa shape index (κ2) is 6.41. The molecule has 126 valence electrons. The highest BCUT2D eigenvalue weighted by atomic mass is 79.9. The Morgan fingerprint density at radius 1 is 1.12 bits per heavy atom. The van der Waals surface area contributed by atoms with Crippen LogP contribution in [0.15, 0.2) is 45.8 Å². The van der Waals surface area contributed by atoms with Crippen LogP contribution in [0.25, 0.3) is 0 Å². The molecule has 2 rings (SSSR count). The van der Waals surface area contributed by atoms with Crippen LogP contribution in [0.2, 0.25) is 0 Å². The van der Waals surface area contributed by atoms with E-state index in [1.165, 1.54) is 6.07 Å². The van der Waals surface area contributed by atoms with E-state index in [0.717, 1.165) is 24.3 Å². The van der Waals surface area contributed by atoms with Gasteiger partial charge in [-0.05, 0) is 46.3 Å². The summed E-state index contributed by atoms with van der Waals surface area (Å²) in [5.41, 5.74) is -5.45. The van der Waals surface area contributed by atoms with E-state index < -0.39 is 26.1 Å². The molecular formula is C14H6BrF4NO3S. The summed E-state index contributed by atoms with van der Waals surface area (Å²) in [6.07, 6.45) is 0. The van der Waals surface area contributed by atoms with Crippen LogP contribution in [-0.2, 0) is 9.84 Å². The van der Waals surface area contributed by atoms with Crippen molar-refractivity contribution in [2.75, 3.05) is 0 Å². The Balaban J connectivity index is 2.39. The first-order valence-corrected chi connectivity index (χ1v) is 8.31. The molecule has 0 aliphatic carbocycles. The highest BCUT2D eigenvalue weighted by molar-refractivity contribution is 9.10. The van der Waals surface area contributed by atoms with E-state index in [4.69, 9.17) is 10.00 Å². The van der Waals surface area contributed by atoms with Crippen LogP contribution < -0.4 is 4.74 Å². The first kappa shape index (κ1) is 18.2. The van der Waals surface area contributed by atoms with Gasteiger partial charge in [-0.25, -0.2) is 12.8 Å².